The summed E-state index contributed by atoms with van der Waals surface area (Å²) in [4.78, 5) is 4.57. The molecule has 0 amide bonds. The first kappa shape index (κ1) is 13.3. The molecule has 0 aliphatic heterocycles. The molecule has 0 unspecified atom stereocenters. The summed E-state index contributed by atoms with van der Waals surface area (Å²) >= 11 is 7.16. The van der Waals surface area contributed by atoms with Crippen LogP contribution in [0, 0.1) is 5.82 Å². The van der Waals surface area contributed by atoms with Crippen LogP contribution in [0.4, 0.5) is 4.39 Å². The fourth-order valence-electron chi connectivity index (χ4n) is 2.07. The van der Waals surface area contributed by atoms with Crippen molar-refractivity contribution in [2.45, 2.75) is 0 Å². The second kappa shape index (κ2) is 5.11. The third kappa shape index (κ3) is 2.15. The molecule has 0 N–H and O–H groups in total. The molecule has 0 aliphatic carbocycles. The van der Waals surface area contributed by atoms with Crippen molar-refractivity contribution in [3.63, 3.8) is 0 Å². The lowest BCUT2D eigenvalue weighted by Crippen LogP contribution is -1.93. The number of hydrogen-bond donors (Lipinski definition) is 0. The van der Waals surface area contributed by atoms with Crippen LogP contribution in [0.25, 0.3) is 26.9 Å². The summed E-state index contributed by atoms with van der Waals surface area (Å²) in [6.45, 7) is 0. The van der Waals surface area contributed by atoms with Crippen molar-refractivity contribution in [2.24, 2.45) is 0 Å². The molecule has 0 aliphatic rings. The molecule has 3 aromatic heterocycles. The molecule has 8 heteroatoms. The lowest BCUT2D eigenvalue weighted by atomic mass is 10.2. The molecular formula is C14H7ClFN5S. The van der Waals surface area contributed by atoms with Crippen molar-refractivity contribution in [3.05, 3.63) is 53.6 Å². The Bertz CT molecular complexity index is 966. The Labute approximate surface area is 133 Å². The summed E-state index contributed by atoms with van der Waals surface area (Å²) in [5.41, 5.74) is 1.23. The summed E-state index contributed by atoms with van der Waals surface area (Å²) < 4.78 is 15.6. The summed E-state index contributed by atoms with van der Waals surface area (Å²) in [6, 6.07) is 8.13. The van der Waals surface area contributed by atoms with E-state index >= 15 is 0 Å². The van der Waals surface area contributed by atoms with E-state index in [9.17, 15) is 4.39 Å². The van der Waals surface area contributed by atoms with Crippen LogP contribution < -0.4 is 0 Å². The molecule has 5 nitrogen and oxygen atoms in total. The lowest BCUT2D eigenvalue weighted by Gasteiger charge is -2.00. The minimum absolute atomic E-state index is 0.309. The molecule has 4 rings (SSSR count). The second-order valence-corrected chi connectivity index (χ2v) is 5.88. The van der Waals surface area contributed by atoms with Gasteiger partial charge in [0.1, 0.15) is 10.8 Å². The highest BCUT2D eigenvalue weighted by atomic mass is 35.5. The zero-order chi connectivity index (χ0) is 15.1. The van der Waals surface area contributed by atoms with Crippen LogP contribution in [0.1, 0.15) is 0 Å². The van der Waals surface area contributed by atoms with Gasteiger partial charge in [0.15, 0.2) is 5.82 Å². The maximum atomic E-state index is 14.1. The van der Waals surface area contributed by atoms with Crippen LogP contribution in [-0.4, -0.2) is 24.8 Å². The monoisotopic (exact) mass is 331 g/mol. The second-order valence-electron chi connectivity index (χ2n) is 4.49. The molecule has 3 heterocycles. The summed E-state index contributed by atoms with van der Waals surface area (Å²) in [5, 5.41) is 13.6. The SMILES string of the molecule is Fc1cc(Cl)ccc1-c1nnc2sc(-c3ccncc3)nn12. The normalized spacial score (nSPS) is 11.2. The number of nitrogens with zero attached hydrogens (tertiary/aromatic N) is 5. The Morgan fingerprint density at radius 2 is 1.91 bits per heavy atom. The molecule has 0 bridgehead atoms. The average molecular weight is 332 g/mol. The number of aromatic nitrogens is 5. The van der Waals surface area contributed by atoms with Crippen molar-refractivity contribution in [1.29, 1.82) is 0 Å². The van der Waals surface area contributed by atoms with E-state index in [1.54, 1.807) is 24.5 Å². The molecule has 4 aromatic rings. The van der Waals surface area contributed by atoms with Crippen molar-refractivity contribution < 1.29 is 4.39 Å². The fraction of sp³-hybridized carbons (Fsp3) is 0. The van der Waals surface area contributed by atoms with Gasteiger partial charge >= 0.3 is 0 Å². The number of benzene rings is 1. The Kier molecular flexibility index (Phi) is 3.09. The molecule has 1 aromatic carbocycles. The Balaban J connectivity index is 1.88. The van der Waals surface area contributed by atoms with Gasteiger partial charge in [-0.25, -0.2) is 4.39 Å². The van der Waals surface area contributed by atoms with E-state index in [1.807, 2.05) is 12.1 Å². The van der Waals surface area contributed by atoms with Gasteiger partial charge in [0, 0.05) is 23.0 Å². The lowest BCUT2D eigenvalue weighted by molar-refractivity contribution is 0.629. The van der Waals surface area contributed by atoms with E-state index in [4.69, 9.17) is 11.6 Å². The third-order valence-corrected chi connectivity index (χ3v) is 4.27. The maximum Gasteiger partial charge on any atom is 0.235 e. The van der Waals surface area contributed by atoms with Gasteiger partial charge < -0.3 is 0 Å². The van der Waals surface area contributed by atoms with Crippen molar-refractivity contribution in [1.82, 2.24) is 24.8 Å². The molecule has 0 spiro atoms. The predicted octanol–water partition coefficient (Wildman–Crippen LogP) is 3.71. The van der Waals surface area contributed by atoms with Crippen LogP contribution >= 0.6 is 22.9 Å². The van der Waals surface area contributed by atoms with Gasteiger partial charge in [0.05, 0.1) is 5.56 Å². The number of halogens is 2. The van der Waals surface area contributed by atoms with E-state index < -0.39 is 5.82 Å². The Hall–Kier alpha value is -2.38. The highest BCUT2D eigenvalue weighted by Gasteiger charge is 2.17. The van der Waals surface area contributed by atoms with Gasteiger partial charge in [0.25, 0.3) is 0 Å². The first-order chi connectivity index (χ1) is 10.7. The molecular weight excluding hydrogens is 325 g/mol. The zero-order valence-electron chi connectivity index (χ0n) is 10.9. The van der Waals surface area contributed by atoms with E-state index in [-0.39, 0.29) is 0 Å². The topological polar surface area (TPSA) is 56.0 Å². The summed E-state index contributed by atoms with van der Waals surface area (Å²) in [6.07, 6.45) is 3.38. The molecule has 22 heavy (non-hydrogen) atoms. The van der Waals surface area contributed by atoms with Gasteiger partial charge in [0.2, 0.25) is 4.96 Å². The van der Waals surface area contributed by atoms with E-state index in [1.165, 1.54) is 21.9 Å². The highest BCUT2D eigenvalue weighted by molar-refractivity contribution is 7.19. The molecule has 0 radical (unpaired) electrons. The van der Waals surface area contributed by atoms with Gasteiger partial charge in [-0.3, -0.25) is 4.98 Å². The van der Waals surface area contributed by atoms with E-state index in [0.29, 0.717) is 21.4 Å². The van der Waals surface area contributed by atoms with Crippen LogP contribution in [-0.2, 0) is 0 Å². The molecule has 0 atom stereocenters. The Morgan fingerprint density at radius 1 is 1.09 bits per heavy atom. The van der Waals surface area contributed by atoms with Gasteiger partial charge in [-0.15, -0.1) is 10.2 Å². The molecule has 0 fully saturated rings. The average Bonchev–Trinajstić information content (AvgIpc) is 3.09. The van der Waals surface area contributed by atoms with Crippen molar-refractivity contribution in [2.75, 3.05) is 0 Å². The zero-order valence-corrected chi connectivity index (χ0v) is 12.5. The van der Waals surface area contributed by atoms with Gasteiger partial charge in [-0.2, -0.15) is 9.61 Å². The first-order valence-corrected chi connectivity index (χ1v) is 7.50. The first-order valence-electron chi connectivity index (χ1n) is 6.30. The third-order valence-electron chi connectivity index (χ3n) is 3.09. The van der Waals surface area contributed by atoms with Crippen molar-refractivity contribution in [3.8, 4) is 22.0 Å². The highest BCUT2D eigenvalue weighted by Crippen LogP contribution is 2.29. The standard InChI is InChI=1S/C14H7ClFN5S/c15-9-1-2-10(11(16)7-9)12-18-19-14-21(12)20-13(22-14)8-3-5-17-6-4-8/h1-7H. The van der Waals surface area contributed by atoms with Crippen LogP contribution in [0.3, 0.4) is 0 Å². The fourth-order valence-corrected chi connectivity index (χ4v) is 3.07. The van der Waals surface area contributed by atoms with Crippen LogP contribution in [0.15, 0.2) is 42.7 Å². The molecule has 0 saturated carbocycles. The van der Waals surface area contributed by atoms with Gasteiger partial charge in [-0.05, 0) is 30.3 Å². The van der Waals surface area contributed by atoms with E-state index in [0.717, 1.165) is 10.6 Å². The Morgan fingerprint density at radius 3 is 2.68 bits per heavy atom. The van der Waals surface area contributed by atoms with E-state index in [2.05, 4.69) is 20.3 Å². The summed E-state index contributed by atoms with van der Waals surface area (Å²) in [5.74, 6) is -0.110. The number of hydrogen-bond acceptors (Lipinski definition) is 5. The molecule has 108 valence electrons. The predicted molar refractivity (Wildman–Crippen MR) is 82.3 cm³/mol. The number of fused-ring (bicyclic) bond motifs is 1. The number of rotatable bonds is 2. The maximum absolute atomic E-state index is 14.1. The summed E-state index contributed by atoms with van der Waals surface area (Å²) in [7, 11) is 0. The largest absolute Gasteiger partial charge is 0.265 e. The molecule has 0 saturated heterocycles. The van der Waals surface area contributed by atoms with Crippen LogP contribution in [0.2, 0.25) is 5.02 Å². The van der Waals surface area contributed by atoms with Crippen molar-refractivity contribution >= 4 is 27.9 Å². The minimum atomic E-state index is -0.458. The minimum Gasteiger partial charge on any atom is -0.265 e. The van der Waals surface area contributed by atoms with Gasteiger partial charge in [-0.1, -0.05) is 22.9 Å². The number of pyridine rings is 1. The van der Waals surface area contributed by atoms with Crippen LogP contribution in [0.5, 0.6) is 0 Å². The smallest absolute Gasteiger partial charge is 0.235 e. The quantitative estimate of drug-likeness (QED) is 0.562.